The molecule has 5 nitrogen and oxygen atoms in total. The lowest BCUT2D eigenvalue weighted by atomic mass is 10.1. The fourth-order valence-corrected chi connectivity index (χ4v) is 2.41. The number of fused-ring (bicyclic) bond motifs is 1. The molecule has 1 aliphatic rings. The molecule has 1 aromatic carbocycles. The summed E-state index contributed by atoms with van der Waals surface area (Å²) >= 11 is 5.99. The van der Waals surface area contributed by atoms with E-state index in [0.29, 0.717) is 17.3 Å². The Hall–Kier alpha value is -2.14. The molecular weight excluding hydrogens is 266 g/mol. The van der Waals surface area contributed by atoms with E-state index in [1.54, 1.807) is 35.3 Å². The average Bonchev–Trinajstić information content (AvgIpc) is 2.89. The van der Waals surface area contributed by atoms with Gasteiger partial charge in [0.1, 0.15) is 0 Å². The molecule has 0 N–H and O–H groups in total. The van der Waals surface area contributed by atoms with Gasteiger partial charge in [-0.3, -0.25) is 14.5 Å². The van der Waals surface area contributed by atoms with Crippen LogP contribution in [0.25, 0.3) is 0 Å². The van der Waals surface area contributed by atoms with E-state index in [9.17, 15) is 9.59 Å². The molecule has 6 heteroatoms. The number of aromatic nitrogens is 2. The van der Waals surface area contributed by atoms with Crippen molar-refractivity contribution in [1.82, 2.24) is 9.55 Å². The maximum absolute atomic E-state index is 12.0. The monoisotopic (exact) mass is 275 g/mol. The highest BCUT2D eigenvalue weighted by Crippen LogP contribution is 2.34. The summed E-state index contributed by atoms with van der Waals surface area (Å²) in [5, 5.41) is 0.309. The van der Waals surface area contributed by atoms with E-state index in [2.05, 4.69) is 4.98 Å². The SMILES string of the molecule is Cn1cncc1CN1C(=O)C(=O)c2c(Cl)cccc21. The third-order valence-corrected chi connectivity index (χ3v) is 3.50. The second-order valence-electron chi connectivity index (χ2n) is 4.35. The van der Waals surface area contributed by atoms with Crippen molar-refractivity contribution in [3.8, 4) is 0 Å². The average molecular weight is 276 g/mol. The normalized spacial score (nSPS) is 14.1. The topological polar surface area (TPSA) is 55.2 Å². The molecule has 0 unspecified atom stereocenters. The minimum absolute atomic E-state index is 0.288. The first-order chi connectivity index (χ1) is 9.09. The van der Waals surface area contributed by atoms with E-state index < -0.39 is 11.7 Å². The Kier molecular flexibility index (Phi) is 2.64. The summed E-state index contributed by atoms with van der Waals surface area (Å²) in [4.78, 5) is 29.4. The molecule has 0 saturated carbocycles. The smallest absolute Gasteiger partial charge is 0.299 e. The van der Waals surface area contributed by atoms with Gasteiger partial charge in [-0.05, 0) is 12.1 Å². The number of anilines is 1. The number of ketones is 1. The Labute approximate surface area is 114 Å². The number of imidazole rings is 1. The fourth-order valence-electron chi connectivity index (χ4n) is 2.16. The first-order valence-corrected chi connectivity index (χ1v) is 6.07. The molecule has 0 aliphatic carbocycles. The number of carbonyl (C=O) groups excluding carboxylic acids is 2. The van der Waals surface area contributed by atoms with Crippen LogP contribution in [-0.4, -0.2) is 21.2 Å². The number of amides is 1. The van der Waals surface area contributed by atoms with E-state index in [0.717, 1.165) is 5.69 Å². The maximum Gasteiger partial charge on any atom is 0.299 e. The van der Waals surface area contributed by atoms with Crippen LogP contribution in [0.15, 0.2) is 30.7 Å². The Morgan fingerprint density at radius 1 is 1.32 bits per heavy atom. The van der Waals surface area contributed by atoms with Gasteiger partial charge < -0.3 is 4.57 Å². The molecule has 0 bridgehead atoms. The molecule has 96 valence electrons. The minimum Gasteiger partial charge on any atom is -0.336 e. The van der Waals surface area contributed by atoms with Gasteiger partial charge in [-0.1, -0.05) is 17.7 Å². The van der Waals surface area contributed by atoms with E-state index >= 15 is 0 Å². The van der Waals surface area contributed by atoms with E-state index in [1.165, 1.54) is 4.90 Å². The molecule has 19 heavy (non-hydrogen) atoms. The Morgan fingerprint density at radius 2 is 2.11 bits per heavy atom. The first kappa shape index (κ1) is 11.9. The number of rotatable bonds is 2. The standard InChI is InChI=1S/C13H10ClN3O2/c1-16-7-15-5-8(16)6-17-10-4-2-3-9(14)11(10)12(18)13(17)19/h2-5,7H,6H2,1H3. The zero-order valence-electron chi connectivity index (χ0n) is 10.1. The van der Waals surface area contributed by atoms with Crippen LogP contribution in [0.1, 0.15) is 16.1 Å². The van der Waals surface area contributed by atoms with Gasteiger partial charge >= 0.3 is 0 Å². The van der Waals surface area contributed by atoms with Gasteiger partial charge in [-0.15, -0.1) is 0 Å². The maximum atomic E-state index is 12.0. The van der Waals surface area contributed by atoms with Crippen molar-refractivity contribution >= 4 is 29.0 Å². The van der Waals surface area contributed by atoms with Gasteiger partial charge in [-0.25, -0.2) is 4.98 Å². The van der Waals surface area contributed by atoms with Crippen LogP contribution < -0.4 is 4.90 Å². The van der Waals surface area contributed by atoms with Gasteiger partial charge in [0.05, 0.1) is 34.8 Å². The minimum atomic E-state index is -0.553. The molecule has 0 spiro atoms. The van der Waals surface area contributed by atoms with Crippen LogP contribution in [0.3, 0.4) is 0 Å². The summed E-state index contributed by atoms with van der Waals surface area (Å²) in [5.74, 6) is -1.10. The van der Waals surface area contributed by atoms with Crippen molar-refractivity contribution in [3.05, 3.63) is 47.0 Å². The Balaban J connectivity index is 2.05. The quantitative estimate of drug-likeness (QED) is 0.786. The number of nitrogens with zero attached hydrogens (tertiary/aromatic N) is 3. The first-order valence-electron chi connectivity index (χ1n) is 5.69. The molecule has 0 saturated heterocycles. The lowest BCUT2D eigenvalue weighted by molar-refractivity contribution is -0.114. The summed E-state index contributed by atoms with van der Waals surface area (Å²) in [6, 6.07) is 5.06. The molecule has 0 atom stereocenters. The zero-order valence-corrected chi connectivity index (χ0v) is 10.9. The van der Waals surface area contributed by atoms with E-state index in [4.69, 9.17) is 11.6 Å². The molecule has 2 heterocycles. The van der Waals surface area contributed by atoms with E-state index in [-0.39, 0.29) is 5.56 Å². The van der Waals surface area contributed by atoms with Crippen LogP contribution in [0, 0.1) is 0 Å². The van der Waals surface area contributed by atoms with Crippen molar-refractivity contribution < 1.29 is 9.59 Å². The predicted octanol–water partition coefficient (Wildman–Crippen LogP) is 1.80. The summed E-state index contributed by atoms with van der Waals surface area (Å²) in [6.45, 7) is 0.300. The lowest BCUT2D eigenvalue weighted by Gasteiger charge is -2.16. The molecule has 1 aliphatic heterocycles. The van der Waals surface area contributed by atoms with Gasteiger partial charge in [0.15, 0.2) is 0 Å². The molecular formula is C13H10ClN3O2. The summed E-state index contributed by atoms with van der Waals surface area (Å²) in [5.41, 5.74) is 1.69. The molecule has 0 fully saturated rings. The van der Waals surface area contributed by atoms with Crippen molar-refractivity contribution in [2.75, 3.05) is 4.90 Å². The summed E-state index contributed by atoms with van der Waals surface area (Å²) < 4.78 is 1.81. The molecule has 0 radical (unpaired) electrons. The van der Waals surface area contributed by atoms with Crippen molar-refractivity contribution in [2.24, 2.45) is 7.05 Å². The molecule has 2 aromatic rings. The number of aryl methyl sites for hydroxylation is 1. The zero-order chi connectivity index (χ0) is 13.6. The van der Waals surface area contributed by atoms with E-state index in [1.807, 2.05) is 7.05 Å². The fraction of sp³-hybridized carbons (Fsp3) is 0.154. The third-order valence-electron chi connectivity index (χ3n) is 3.19. The highest BCUT2D eigenvalue weighted by atomic mass is 35.5. The van der Waals surface area contributed by atoms with Crippen LogP contribution in [0.5, 0.6) is 0 Å². The van der Waals surface area contributed by atoms with Gasteiger partial charge in [-0.2, -0.15) is 0 Å². The van der Waals surface area contributed by atoms with Gasteiger partial charge in [0, 0.05) is 13.2 Å². The number of halogens is 1. The Morgan fingerprint density at radius 3 is 2.79 bits per heavy atom. The highest BCUT2D eigenvalue weighted by molar-refractivity contribution is 6.55. The second kappa shape index (κ2) is 4.20. The third kappa shape index (κ3) is 1.74. The van der Waals surface area contributed by atoms with Crippen molar-refractivity contribution in [1.29, 1.82) is 0 Å². The number of carbonyl (C=O) groups is 2. The molecule has 3 rings (SSSR count). The van der Waals surface area contributed by atoms with Crippen molar-refractivity contribution in [2.45, 2.75) is 6.54 Å². The number of benzene rings is 1. The summed E-state index contributed by atoms with van der Waals surface area (Å²) in [6.07, 6.45) is 3.32. The largest absolute Gasteiger partial charge is 0.336 e. The second-order valence-corrected chi connectivity index (χ2v) is 4.76. The number of hydrogen-bond acceptors (Lipinski definition) is 3. The van der Waals surface area contributed by atoms with Crippen LogP contribution in [0.2, 0.25) is 5.02 Å². The van der Waals surface area contributed by atoms with Crippen LogP contribution in [-0.2, 0) is 18.4 Å². The van der Waals surface area contributed by atoms with Crippen LogP contribution in [0.4, 0.5) is 5.69 Å². The predicted molar refractivity (Wildman–Crippen MR) is 70.2 cm³/mol. The van der Waals surface area contributed by atoms with Gasteiger partial charge in [0.2, 0.25) is 0 Å². The van der Waals surface area contributed by atoms with Crippen LogP contribution >= 0.6 is 11.6 Å². The highest BCUT2D eigenvalue weighted by Gasteiger charge is 2.37. The number of hydrogen-bond donors (Lipinski definition) is 0. The lowest BCUT2D eigenvalue weighted by Crippen LogP contribution is -2.29. The van der Waals surface area contributed by atoms with Gasteiger partial charge in [0.25, 0.3) is 11.7 Å². The summed E-state index contributed by atoms with van der Waals surface area (Å²) in [7, 11) is 1.84. The molecule has 1 aromatic heterocycles. The Bertz CT molecular complexity index is 693. The molecule has 1 amide bonds. The number of Topliss-reactive ketones (excluding diaryl/α,β-unsaturated/α-hetero) is 1. The van der Waals surface area contributed by atoms with Crippen molar-refractivity contribution in [3.63, 3.8) is 0 Å².